The molecule has 0 unspecified atom stereocenters. The quantitative estimate of drug-likeness (QED) is 0.529. The van der Waals surface area contributed by atoms with Gasteiger partial charge in [-0.25, -0.2) is 4.79 Å². The molecule has 0 bridgehead atoms. The zero-order chi connectivity index (χ0) is 16.2. The number of ether oxygens (including phenoxy) is 1. The number of nitrogens with one attached hydrogen (secondary N) is 1. The fraction of sp³-hybridized carbons (Fsp3) is 0.529. The van der Waals surface area contributed by atoms with Gasteiger partial charge in [-0.05, 0) is 29.5 Å². The van der Waals surface area contributed by atoms with Crippen molar-refractivity contribution in [2.24, 2.45) is 10.4 Å². The number of carbonyl (C=O) groups excluding carboxylic acids is 1. The summed E-state index contributed by atoms with van der Waals surface area (Å²) in [5, 5.41) is 3.39. The highest BCUT2D eigenvalue weighted by Gasteiger charge is 2.30. The van der Waals surface area contributed by atoms with Crippen molar-refractivity contribution < 1.29 is 9.53 Å². The number of guanidine groups is 1. The molecule has 5 heteroatoms. The third kappa shape index (κ3) is 4.00. The van der Waals surface area contributed by atoms with Gasteiger partial charge in [-0.2, -0.15) is 0 Å². The lowest BCUT2D eigenvalue weighted by molar-refractivity contribution is 0.0600. The summed E-state index contributed by atoms with van der Waals surface area (Å²) in [4.78, 5) is 18.1. The van der Waals surface area contributed by atoms with Crippen molar-refractivity contribution >= 4 is 11.9 Å². The van der Waals surface area contributed by atoms with Crippen LogP contribution in [0.15, 0.2) is 29.3 Å². The van der Waals surface area contributed by atoms with E-state index in [2.05, 4.69) is 29.1 Å². The molecule has 1 aliphatic rings. The van der Waals surface area contributed by atoms with Gasteiger partial charge in [0.2, 0.25) is 0 Å². The zero-order valence-corrected chi connectivity index (χ0v) is 13.8. The van der Waals surface area contributed by atoms with Gasteiger partial charge in [-0.1, -0.05) is 26.0 Å². The third-order valence-electron chi connectivity index (χ3n) is 4.01. The molecule has 5 nitrogen and oxygen atoms in total. The van der Waals surface area contributed by atoms with E-state index in [4.69, 9.17) is 4.74 Å². The largest absolute Gasteiger partial charge is 0.465 e. The maximum Gasteiger partial charge on any atom is 0.337 e. The molecule has 0 aromatic heterocycles. The molecule has 0 atom stereocenters. The number of likely N-dealkylation sites (tertiary alicyclic amines) is 1. The molecular formula is C17H25N3O2. The second-order valence-corrected chi connectivity index (χ2v) is 6.43. The van der Waals surface area contributed by atoms with Crippen molar-refractivity contribution in [1.29, 1.82) is 0 Å². The van der Waals surface area contributed by atoms with Gasteiger partial charge in [0.25, 0.3) is 0 Å². The van der Waals surface area contributed by atoms with Crippen molar-refractivity contribution in [2.45, 2.75) is 26.8 Å². The average molecular weight is 303 g/mol. The van der Waals surface area contributed by atoms with E-state index in [1.165, 1.54) is 13.5 Å². The van der Waals surface area contributed by atoms with Crippen LogP contribution in [-0.4, -0.2) is 44.1 Å². The topological polar surface area (TPSA) is 53.9 Å². The first kappa shape index (κ1) is 16.3. The Morgan fingerprint density at radius 3 is 2.55 bits per heavy atom. The SMILES string of the molecule is CN=C(NCc1ccc(C(=O)OC)cc1)N1CCC(C)(C)C1. The highest BCUT2D eigenvalue weighted by molar-refractivity contribution is 5.89. The zero-order valence-electron chi connectivity index (χ0n) is 13.8. The van der Waals surface area contributed by atoms with E-state index in [0.29, 0.717) is 17.5 Å². The number of hydrogen-bond donors (Lipinski definition) is 1. The van der Waals surface area contributed by atoms with E-state index in [1.807, 2.05) is 19.2 Å². The maximum absolute atomic E-state index is 11.4. The number of hydrogen-bond acceptors (Lipinski definition) is 3. The summed E-state index contributed by atoms with van der Waals surface area (Å²) in [7, 11) is 3.20. The summed E-state index contributed by atoms with van der Waals surface area (Å²) in [6.45, 7) is 7.31. The Hall–Kier alpha value is -2.04. The third-order valence-corrected chi connectivity index (χ3v) is 4.01. The number of benzene rings is 1. The van der Waals surface area contributed by atoms with Crippen LogP contribution in [0.1, 0.15) is 36.2 Å². The van der Waals surface area contributed by atoms with Gasteiger partial charge in [-0.3, -0.25) is 4.99 Å². The lowest BCUT2D eigenvalue weighted by Crippen LogP contribution is -2.40. The number of esters is 1. The molecule has 1 fully saturated rings. The van der Waals surface area contributed by atoms with Crippen molar-refractivity contribution in [1.82, 2.24) is 10.2 Å². The molecule has 1 saturated heterocycles. The van der Waals surface area contributed by atoms with E-state index in [1.54, 1.807) is 12.1 Å². The summed E-state index contributed by atoms with van der Waals surface area (Å²) in [5.41, 5.74) is 2.02. The first-order valence-corrected chi connectivity index (χ1v) is 7.58. The number of aliphatic imine (C=N–C) groups is 1. The van der Waals surface area contributed by atoms with E-state index >= 15 is 0 Å². The van der Waals surface area contributed by atoms with Crippen molar-refractivity contribution in [3.63, 3.8) is 0 Å². The van der Waals surface area contributed by atoms with Crippen molar-refractivity contribution in [3.05, 3.63) is 35.4 Å². The van der Waals surface area contributed by atoms with Crippen LogP contribution < -0.4 is 5.32 Å². The number of rotatable bonds is 3. The number of methoxy groups -OCH3 is 1. The molecule has 2 rings (SSSR count). The second kappa shape index (κ2) is 6.81. The summed E-state index contributed by atoms with van der Waals surface area (Å²) < 4.78 is 4.70. The van der Waals surface area contributed by atoms with Crippen LogP contribution in [0.4, 0.5) is 0 Å². The molecule has 120 valence electrons. The Kier molecular flexibility index (Phi) is 5.06. The molecule has 22 heavy (non-hydrogen) atoms. The first-order chi connectivity index (χ1) is 10.4. The minimum Gasteiger partial charge on any atom is -0.465 e. The maximum atomic E-state index is 11.4. The molecule has 1 aromatic carbocycles. The Morgan fingerprint density at radius 2 is 2.05 bits per heavy atom. The van der Waals surface area contributed by atoms with E-state index in [9.17, 15) is 4.79 Å². The van der Waals surface area contributed by atoms with Crippen LogP contribution in [0.25, 0.3) is 0 Å². The van der Waals surface area contributed by atoms with E-state index in [0.717, 1.165) is 24.6 Å². The summed E-state index contributed by atoms with van der Waals surface area (Å²) >= 11 is 0. The Balaban J connectivity index is 1.93. The summed E-state index contributed by atoms with van der Waals surface area (Å²) in [6, 6.07) is 7.43. The van der Waals surface area contributed by atoms with E-state index in [-0.39, 0.29) is 5.97 Å². The van der Waals surface area contributed by atoms with Crippen molar-refractivity contribution in [2.75, 3.05) is 27.2 Å². The predicted molar refractivity (Wildman–Crippen MR) is 88.0 cm³/mol. The smallest absolute Gasteiger partial charge is 0.337 e. The average Bonchev–Trinajstić information content (AvgIpc) is 2.88. The van der Waals surface area contributed by atoms with Crippen LogP contribution in [-0.2, 0) is 11.3 Å². The predicted octanol–water partition coefficient (Wildman–Crippen LogP) is 2.28. The Bertz CT molecular complexity index is 550. The lowest BCUT2D eigenvalue weighted by Gasteiger charge is -2.23. The molecule has 0 radical (unpaired) electrons. The monoisotopic (exact) mass is 303 g/mol. The minimum atomic E-state index is -0.311. The van der Waals surface area contributed by atoms with Gasteiger partial charge >= 0.3 is 5.97 Å². The normalized spacial score (nSPS) is 17.5. The molecule has 1 aromatic rings. The van der Waals surface area contributed by atoms with Gasteiger partial charge in [0.05, 0.1) is 12.7 Å². The second-order valence-electron chi connectivity index (χ2n) is 6.43. The molecule has 0 saturated carbocycles. The fourth-order valence-corrected chi connectivity index (χ4v) is 2.68. The van der Waals surface area contributed by atoms with Gasteiger partial charge in [0, 0.05) is 26.7 Å². The van der Waals surface area contributed by atoms with Crippen LogP contribution in [0.5, 0.6) is 0 Å². The van der Waals surface area contributed by atoms with Gasteiger partial charge < -0.3 is 15.0 Å². The standard InChI is InChI=1S/C17H25N3O2/c1-17(2)9-10-20(12-17)16(18-3)19-11-13-5-7-14(8-6-13)15(21)22-4/h5-8H,9-12H2,1-4H3,(H,18,19). The molecule has 0 spiro atoms. The van der Waals surface area contributed by atoms with Crippen LogP contribution in [0, 0.1) is 5.41 Å². The highest BCUT2D eigenvalue weighted by atomic mass is 16.5. The summed E-state index contributed by atoms with van der Waals surface area (Å²) in [6.07, 6.45) is 1.18. The molecule has 0 aliphatic carbocycles. The molecule has 1 heterocycles. The lowest BCUT2D eigenvalue weighted by atomic mass is 9.93. The molecule has 1 aliphatic heterocycles. The van der Waals surface area contributed by atoms with Gasteiger partial charge in [0.1, 0.15) is 0 Å². The van der Waals surface area contributed by atoms with Crippen LogP contribution in [0.2, 0.25) is 0 Å². The van der Waals surface area contributed by atoms with Crippen LogP contribution >= 0.6 is 0 Å². The van der Waals surface area contributed by atoms with Gasteiger partial charge in [-0.15, -0.1) is 0 Å². The molecule has 0 amide bonds. The molecular weight excluding hydrogens is 278 g/mol. The van der Waals surface area contributed by atoms with Crippen LogP contribution in [0.3, 0.4) is 0 Å². The fourth-order valence-electron chi connectivity index (χ4n) is 2.68. The minimum absolute atomic E-state index is 0.311. The molecule has 1 N–H and O–H groups in total. The summed E-state index contributed by atoms with van der Waals surface area (Å²) in [5.74, 6) is 0.622. The highest BCUT2D eigenvalue weighted by Crippen LogP contribution is 2.28. The first-order valence-electron chi connectivity index (χ1n) is 7.58. The number of nitrogens with zero attached hydrogens (tertiary/aromatic N) is 2. The van der Waals surface area contributed by atoms with E-state index < -0.39 is 0 Å². The van der Waals surface area contributed by atoms with Crippen molar-refractivity contribution in [3.8, 4) is 0 Å². The van der Waals surface area contributed by atoms with Gasteiger partial charge in [0.15, 0.2) is 5.96 Å². The Morgan fingerprint density at radius 1 is 1.36 bits per heavy atom. The number of carbonyl (C=O) groups is 1. The Labute approximate surface area is 132 Å².